The van der Waals surface area contributed by atoms with Gasteiger partial charge in [0.05, 0.1) is 0 Å². The third-order valence-corrected chi connectivity index (χ3v) is 4.55. The van der Waals surface area contributed by atoms with Crippen molar-refractivity contribution in [3.8, 4) is 0 Å². The maximum absolute atomic E-state index is 13.9. The second-order valence-corrected chi connectivity index (χ2v) is 6.70. The van der Waals surface area contributed by atoms with Crippen LogP contribution in [0.3, 0.4) is 0 Å². The molecule has 1 atom stereocenters. The lowest BCUT2D eigenvalue weighted by Gasteiger charge is -2.37. The summed E-state index contributed by atoms with van der Waals surface area (Å²) in [4.78, 5) is 25.7. The highest BCUT2D eigenvalue weighted by Crippen LogP contribution is 2.26. The molecule has 0 saturated carbocycles. The summed E-state index contributed by atoms with van der Waals surface area (Å²) in [5.74, 6) is -5.95. The first-order valence-corrected chi connectivity index (χ1v) is 8.94. The number of carbonyl (C=O) groups excluding carboxylic acids is 2. The Labute approximate surface area is 164 Å². The standard InChI is InChI=1S/C20H19F3N2O4/c21-15-6-1-4-13(10-15)11-24-19(27)29-20(28)8-3-9-25(18(20)26)12-14-5-2-7-16(22)17(14)23/h1-2,4-7,10,28H,3,8-9,11-12H2,(H,24,27)/t20-/m1/s1. The molecule has 0 radical (unpaired) electrons. The summed E-state index contributed by atoms with van der Waals surface area (Å²) >= 11 is 0. The third kappa shape index (κ3) is 4.86. The number of rotatable bonds is 5. The molecule has 6 nitrogen and oxygen atoms in total. The summed E-state index contributed by atoms with van der Waals surface area (Å²) in [6.45, 7) is -0.163. The van der Waals surface area contributed by atoms with Crippen molar-refractivity contribution in [2.24, 2.45) is 0 Å². The number of ether oxygens (including phenoxy) is 1. The molecule has 0 unspecified atom stereocenters. The van der Waals surface area contributed by atoms with Crippen LogP contribution in [0.5, 0.6) is 0 Å². The maximum atomic E-state index is 13.9. The van der Waals surface area contributed by atoms with Gasteiger partial charge >= 0.3 is 6.09 Å². The molecule has 1 saturated heterocycles. The highest BCUT2D eigenvalue weighted by atomic mass is 19.2. The van der Waals surface area contributed by atoms with Gasteiger partial charge in [0.15, 0.2) is 11.6 Å². The van der Waals surface area contributed by atoms with Crippen LogP contribution in [0.15, 0.2) is 42.5 Å². The molecule has 0 bridgehead atoms. The summed E-state index contributed by atoms with van der Waals surface area (Å²) < 4.78 is 45.3. The minimum atomic E-state index is -2.42. The highest BCUT2D eigenvalue weighted by Gasteiger charge is 2.46. The zero-order valence-electron chi connectivity index (χ0n) is 15.3. The largest absolute Gasteiger partial charge is 0.410 e. The molecule has 2 amide bonds. The van der Waals surface area contributed by atoms with Crippen LogP contribution in [0.4, 0.5) is 18.0 Å². The zero-order chi connectivity index (χ0) is 21.0. The number of piperidine rings is 1. The van der Waals surface area contributed by atoms with Crippen LogP contribution in [0.25, 0.3) is 0 Å². The van der Waals surface area contributed by atoms with Gasteiger partial charge in [0, 0.05) is 31.6 Å². The Bertz CT molecular complexity index is 924. The van der Waals surface area contributed by atoms with Gasteiger partial charge in [-0.05, 0) is 30.2 Å². The molecule has 9 heteroatoms. The Kier molecular flexibility index (Phi) is 6.07. The van der Waals surface area contributed by atoms with E-state index in [0.717, 1.165) is 11.0 Å². The number of likely N-dealkylation sites (tertiary alicyclic amines) is 1. The number of nitrogens with one attached hydrogen (secondary N) is 1. The monoisotopic (exact) mass is 408 g/mol. The van der Waals surface area contributed by atoms with Gasteiger partial charge in [0.25, 0.3) is 11.7 Å². The molecule has 2 aromatic rings. The van der Waals surface area contributed by atoms with Gasteiger partial charge in [0.1, 0.15) is 5.82 Å². The van der Waals surface area contributed by atoms with Crippen LogP contribution in [0, 0.1) is 17.5 Å². The molecule has 2 aromatic carbocycles. The van der Waals surface area contributed by atoms with E-state index in [4.69, 9.17) is 4.74 Å². The Morgan fingerprint density at radius 1 is 1.21 bits per heavy atom. The SMILES string of the molecule is O=C(NCc1cccc(F)c1)O[C@]1(O)CCCN(Cc2cccc(F)c2F)C1=O. The van der Waals surface area contributed by atoms with Gasteiger partial charge in [-0.2, -0.15) is 0 Å². The van der Waals surface area contributed by atoms with Crippen LogP contribution in [-0.2, 0) is 22.6 Å². The lowest BCUT2D eigenvalue weighted by Crippen LogP contribution is -2.56. The predicted octanol–water partition coefficient (Wildman–Crippen LogP) is 2.84. The predicted molar refractivity (Wildman–Crippen MR) is 95.7 cm³/mol. The van der Waals surface area contributed by atoms with Gasteiger partial charge in [-0.25, -0.2) is 18.0 Å². The smallest absolute Gasteiger partial charge is 0.407 e. The summed E-state index contributed by atoms with van der Waals surface area (Å²) in [5, 5.41) is 12.9. The van der Waals surface area contributed by atoms with Gasteiger partial charge in [-0.1, -0.05) is 24.3 Å². The van der Waals surface area contributed by atoms with E-state index in [1.165, 1.54) is 30.3 Å². The van der Waals surface area contributed by atoms with Crippen molar-refractivity contribution in [3.63, 3.8) is 0 Å². The molecule has 0 aliphatic carbocycles. The van der Waals surface area contributed by atoms with Crippen molar-refractivity contribution < 1.29 is 32.6 Å². The van der Waals surface area contributed by atoms with E-state index in [-0.39, 0.29) is 38.0 Å². The van der Waals surface area contributed by atoms with Gasteiger partial charge in [-0.3, -0.25) is 4.79 Å². The Morgan fingerprint density at radius 2 is 1.97 bits per heavy atom. The minimum Gasteiger partial charge on any atom is -0.407 e. The van der Waals surface area contributed by atoms with Crippen molar-refractivity contribution in [2.45, 2.75) is 31.7 Å². The van der Waals surface area contributed by atoms with Crippen molar-refractivity contribution >= 4 is 12.0 Å². The topological polar surface area (TPSA) is 78.9 Å². The molecule has 1 fully saturated rings. The van der Waals surface area contributed by atoms with E-state index in [1.54, 1.807) is 6.07 Å². The van der Waals surface area contributed by atoms with E-state index in [0.29, 0.717) is 5.56 Å². The number of alkyl carbamates (subject to hydrolysis) is 1. The molecule has 29 heavy (non-hydrogen) atoms. The van der Waals surface area contributed by atoms with Crippen molar-refractivity contribution in [2.75, 3.05) is 6.54 Å². The zero-order valence-corrected chi connectivity index (χ0v) is 15.3. The summed E-state index contributed by atoms with van der Waals surface area (Å²) in [6.07, 6.45) is -0.915. The fourth-order valence-electron chi connectivity index (χ4n) is 3.10. The molecule has 3 rings (SSSR count). The Balaban J connectivity index is 1.63. The summed E-state index contributed by atoms with van der Waals surface area (Å²) in [5.41, 5.74) is 0.408. The van der Waals surface area contributed by atoms with Gasteiger partial charge in [0.2, 0.25) is 0 Å². The average Bonchev–Trinajstić information content (AvgIpc) is 2.67. The molecule has 1 aliphatic rings. The van der Waals surface area contributed by atoms with E-state index >= 15 is 0 Å². The first kappa shape index (κ1) is 20.7. The first-order chi connectivity index (χ1) is 13.8. The molecule has 154 valence electrons. The summed E-state index contributed by atoms with van der Waals surface area (Å²) in [6, 6.07) is 9.12. The number of halogens is 3. The number of aliphatic hydroxyl groups is 1. The number of benzene rings is 2. The highest BCUT2D eigenvalue weighted by molar-refractivity contribution is 5.86. The van der Waals surface area contributed by atoms with Crippen molar-refractivity contribution in [3.05, 3.63) is 71.0 Å². The van der Waals surface area contributed by atoms with Crippen LogP contribution in [0.2, 0.25) is 0 Å². The van der Waals surface area contributed by atoms with Crippen LogP contribution >= 0.6 is 0 Å². The van der Waals surface area contributed by atoms with Gasteiger partial charge < -0.3 is 20.1 Å². The van der Waals surface area contributed by atoms with E-state index in [1.807, 2.05) is 0 Å². The molecule has 0 spiro atoms. The minimum absolute atomic E-state index is 0.0573. The summed E-state index contributed by atoms with van der Waals surface area (Å²) in [7, 11) is 0. The lowest BCUT2D eigenvalue weighted by atomic mass is 10.0. The number of carbonyl (C=O) groups is 2. The van der Waals surface area contributed by atoms with Crippen LogP contribution in [-0.4, -0.2) is 34.3 Å². The first-order valence-electron chi connectivity index (χ1n) is 8.94. The molecule has 0 aromatic heterocycles. The van der Waals surface area contributed by atoms with E-state index in [9.17, 15) is 27.9 Å². The molecule has 2 N–H and O–H groups in total. The van der Waals surface area contributed by atoms with Crippen LogP contribution in [0.1, 0.15) is 24.0 Å². The molecule has 1 heterocycles. The number of hydrogen-bond acceptors (Lipinski definition) is 4. The fourth-order valence-corrected chi connectivity index (χ4v) is 3.10. The average molecular weight is 408 g/mol. The number of amides is 2. The second-order valence-electron chi connectivity index (χ2n) is 6.70. The normalized spacial score (nSPS) is 19.2. The fraction of sp³-hybridized carbons (Fsp3) is 0.300. The van der Waals surface area contributed by atoms with E-state index in [2.05, 4.69) is 5.32 Å². The maximum Gasteiger partial charge on any atom is 0.410 e. The molecular weight excluding hydrogens is 389 g/mol. The van der Waals surface area contributed by atoms with Crippen LogP contribution < -0.4 is 5.32 Å². The number of nitrogens with zero attached hydrogens (tertiary/aromatic N) is 1. The molecular formula is C20H19F3N2O4. The third-order valence-electron chi connectivity index (χ3n) is 4.55. The van der Waals surface area contributed by atoms with Gasteiger partial charge in [-0.15, -0.1) is 0 Å². The Morgan fingerprint density at radius 3 is 2.72 bits per heavy atom. The Hall–Kier alpha value is -3.07. The van der Waals surface area contributed by atoms with Crippen molar-refractivity contribution in [1.29, 1.82) is 0 Å². The van der Waals surface area contributed by atoms with Crippen molar-refractivity contribution in [1.82, 2.24) is 10.2 Å². The molecule has 1 aliphatic heterocycles. The van der Waals surface area contributed by atoms with E-state index < -0.39 is 35.2 Å². The quantitative estimate of drug-likeness (QED) is 0.746. The number of hydrogen-bond donors (Lipinski definition) is 2. The lowest BCUT2D eigenvalue weighted by molar-refractivity contribution is -0.206. The second kappa shape index (κ2) is 8.52.